The molecule has 0 bridgehead atoms. The van der Waals surface area contributed by atoms with Crippen molar-refractivity contribution in [1.82, 2.24) is 10.9 Å². The summed E-state index contributed by atoms with van der Waals surface area (Å²) in [4.78, 5) is 23.4. The van der Waals surface area contributed by atoms with E-state index in [0.29, 0.717) is 11.7 Å². The van der Waals surface area contributed by atoms with Gasteiger partial charge in [-0.15, -0.1) is 0 Å². The van der Waals surface area contributed by atoms with Crippen LogP contribution in [0.1, 0.15) is 20.3 Å². The van der Waals surface area contributed by atoms with Crippen LogP contribution in [0.25, 0.3) is 0 Å². The van der Waals surface area contributed by atoms with Crippen LogP contribution in [-0.2, 0) is 9.59 Å². The third kappa shape index (κ3) is 3.96. The van der Waals surface area contributed by atoms with Gasteiger partial charge >= 0.3 is 0 Å². The zero-order chi connectivity index (χ0) is 14.7. The Bertz CT molecular complexity index is 521. The van der Waals surface area contributed by atoms with Crippen molar-refractivity contribution < 1.29 is 14.3 Å². The molecule has 1 saturated carbocycles. The summed E-state index contributed by atoms with van der Waals surface area (Å²) in [5.74, 6) is 0.496. The van der Waals surface area contributed by atoms with E-state index in [2.05, 4.69) is 26.8 Å². The smallest absolute Gasteiger partial charge is 0.279 e. The molecular formula is C14H17BrN2O3. The van der Waals surface area contributed by atoms with Gasteiger partial charge in [0, 0.05) is 10.4 Å². The summed E-state index contributed by atoms with van der Waals surface area (Å²) in [6.07, 6.45) is 0.187. The van der Waals surface area contributed by atoms with Crippen LogP contribution in [0, 0.1) is 11.8 Å². The maximum atomic E-state index is 11.8. The standard InChI is InChI=1S/C14H17BrN2O3/c1-8-6-12(8)14(19)17-16-13(18)9(2)20-11-5-3-4-10(15)7-11/h3-5,7-9,12H,6H2,1-2H3,(H,16,18)(H,17,19). The number of carbonyl (C=O) groups is 2. The van der Waals surface area contributed by atoms with Crippen LogP contribution < -0.4 is 15.6 Å². The summed E-state index contributed by atoms with van der Waals surface area (Å²) < 4.78 is 6.37. The Morgan fingerprint density at radius 3 is 2.70 bits per heavy atom. The fourth-order valence-electron chi connectivity index (χ4n) is 1.80. The van der Waals surface area contributed by atoms with Crippen LogP contribution in [0.3, 0.4) is 0 Å². The fourth-order valence-corrected chi connectivity index (χ4v) is 2.18. The minimum Gasteiger partial charge on any atom is -0.481 e. The van der Waals surface area contributed by atoms with Gasteiger partial charge in [0.15, 0.2) is 6.10 Å². The molecule has 6 heteroatoms. The van der Waals surface area contributed by atoms with E-state index in [-0.39, 0.29) is 17.7 Å². The number of ether oxygens (including phenoxy) is 1. The maximum absolute atomic E-state index is 11.8. The lowest BCUT2D eigenvalue weighted by molar-refractivity contribution is -0.133. The molecule has 1 aliphatic rings. The minimum atomic E-state index is -0.693. The van der Waals surface area contributed by atoms with E-state index in [1.165, 1.54) is 0 Å². The number of rotatable bonds is 4. The van der Waals surface area contributed by atoms with E-state index in [1.54, 1.807) is 19.1 Å². The highest BCUT2D eigenvalue weighted by Gasteiger charge is 2.39. The Morgan fingerprint density at radius 1 is 1.40 bits per heavy atom. The van der Waals surface area contributed by atoms with E-state index >= 15 is 0 Å². The molecule has 3 unspecified atom stereocenters. The number of hydrazine groups is 1. The zero-order valence-corrected chi connectivity index (χ0v) is 12.9. The van der Waals surface area contributed by atoms with Gasteiger partial charge in [-0.25, -0.2) is 0 Å². The third-order valence-corrected chi connectivity index (χ3v) is 3.73. The second-order valence-corrected chi connectivity index (χ2v) is 5.93. The Morgan fingerprint density at radius 2 is 2.10 bits per heavy atom. The van der Waals surface area contributed by atoms with E-state index < -0.39 is 6.10 Å². The zero-order valence-electron chi connectivity index (χ0n) is 11.4. The van der Waals surface area contributed by atoms with Crippen LogP contribution in [-0.4, -0.2) is 17.9 Å². The molecule has 0 aromatic heterocycles. The largest absolute Gasteiger partial charge is 0.481 e. The van der Waals surface area contributed by atoms with Gasteiger partial charge in [0.25, 0.3) is 5.91 Å². The number of halogens is 1. The molecular weight excluding hydrogens is 324 g/mol. The molecule has 0 saturated heterocycles. The molecule has 0 heterocycles. The molecule has 0 spiro atoms. The summed E-state index contributed by atoms with van der Waals surface area (Å²) in [5.41, 5.74) is 4.81. The SMILES string of the molecule is CC(Oc1cccc(Br)c1)C(=O)NNC(=O)C1CC1C. The number of benzene rings is 1. The summed E-state index contributed by atoms with van der Waals surface area (Å²) in [6.45, 7) is 3.63. The normalized spacial score (nSPS) is 21.8. The van der Waals surface area contributed by atoms with Crippen molar-refractivity contribution in [3.05, 3.63) is 28.7 Å². The van der Waals surface area contributed by atoms with Gasteiger partial charge in [-0.2, -0.15) is 0 Å². The highest BCUT2D eigenvalue weighted by atomic mass is 79.9. The summed E-state index contributed by atoms with van der Waals surface area (Å²) in [6, 6.07) is 7.22. The topological polar surface area (TPSA) is 67.4 Å². The van der Waals surface area contributed by atoms with Crippen molar-refractivity contribution in [2.24, 2.45) is 11.8 Å². The van der Waals surface area contributed by atoms with E-state index in [9.17, 15) is 9.59 Å². The fraction of sp³-hybridized carbons (Fsp3) is 0.429. The second-order valence-electron chi connectivity index (χ2n) is 5.02. The average molecular weight is 341 g/mol. The maximum Gasteiger partial charge on any atom is 0.279 e. The van der Waals surface area contributed by atoms with Crippen molar-refractivity contribution >= 4 is 27.7 Å². The van der Waals surface area contributed by atoms with Crippen LogP contribution >= 0.6 is 15.9 Å². The third-order valence-electron chi connectivity index (χ3n) is 3.23. The summed E-state index contributed by atoms with van der Waals surface area (Å²) >= 11 is 3.33. The molecule has 2 N–H and O–H groups in total. The van der Waals surface area contributed by atoms with Crippen molar-refractivity contribution in [1.29, 1.82) is 0 Å². The first kappa shape index (κ1) is 14.8. The summed E-state index contributed by atoms with van der Waals surface area (Å²) in [7, 11) is 0. The first-order valence-corrected chi connectivity index (χ1v) is 7.28. The predicted octanol–water partition coefficient (Wildman–Crippen LogP) is 2.02. The molecule has 2 rings (SSSR count). The summed E-state index contributed by atoms with van der Waals surface area (Å²) in [5, 5.41) is 0. The van der Waals surface area contributed by atoms with Crippen LogP contribution in [0.2, 0.25) is 0 Å². The predicted molar refractivity (Wildman–Crippen MR) is 77.8 cm³/mol. The molecule has 1 fully saturated rings. The van der Waals surface area contributed by atoms with Crippen molar-refractivity contribution in [2.45, 2.75) is 26.4 Å². The monoisotopic (exact) mass is 340 g/mol. The number of hydrogen-bond acceptors (Lipinski definition) is 3. The van der Waals surface area contributed by atoms with Gasteiger partial charge in [-0.3, -0.25) is 20.4 Å². The lowest BCUT2D eigenvalue weighted by Crippen LogP contribution is -2.47. The first-order chi connectivity index (χ1) is 9.47. The first-order valence-electron chi connectivity index (χ1n) is 6.49. The highest BCUT2D eigenvalue weighted by molar-refractivity contribution is 9.10. The van der Waals surface area contributed by atoms with Crippen LogP contribution in [0.15, 0.2) is 28.7 Å². The van der Waals surface area contributed by atoms with E-state index in [4.69, 9.17) is 4.74 Å². The van der Waals surface area contributed by atoms with Crippen molar-refractivity contribution in [3.63, 3.8) is 0 Å². The van der Waals surface area contributed by atoms with Crippen LogP contribution in [0.4, 0.5) is 0 Å². The van der Waals surface area contributed by atoms with Crippen LogP contribution in [0.5, 0.6) is 5.75 Å². The lowest BCUT2D eigenvalue weighted by atomic mass is 10.3. The molecule has 1 aromatic carbocycles. The van der Waals surface area contributed by atoms with Crippen molar-refractivity contribution in [2.75, 3.05) is 0 Å². The van der Waals surface area contributed by atoms with Crippen molar-refractivity contribution in [3.8, 4) is 5.75 Å². The van der Waals surface area contributed by atoms with Gasteiger partial charge < -0.3 is 4.74 Å². The van der Waals surface area contributed by atoms with Gasteiger partial charge in [0.05, 0.1) is 0 Å². The van der Waals surface area contributed by atoms with E-state index in [0.717, 1.165) is 10.9 Å². The molecule has 0 radical (unpaired) electrons. The average Bonchev–Trinajstić information content (AvgIpc) is 3.12. The quantitative estimate of drug-likeness (QED) is 0.824. The second kappa shape index (κ2) is 6.26. The molecule has 1 aliphatic carbocycles. The molecule has 5 nitrogen and oxygen atoms in total. The molecule has 3 atom stereocenters. The highest BCUT2D eigenvalue weighted by Crippen LogP contribution is 2.37. The molecule has 0 aliphatic heterocycles. The molecule has 1 aromatic rings. The van der Waals surface area contributed by atoms with Gasteiger partial charge in [0.2, 0.25) is 5.91 Å². The minimum absolute atomic E-state index is 0.0246. The number of hydrogen-bond donors (Lipinski definition) is 2. The number of carbonyl (C=O) groups excluding carboxylic acids is 2. The Labute approximate surface area is 126 Å². The van der Waals surface area contributed by atoms with Gasteiger partial charge in [0.1, 0.15) is 5.75 Å². The number of nitrogens with one attached hydrogen (secondary N) is 2. The Hall–Kier alpha value is -1.56. The number of amides is 2. The molecule has 2 amide bonds. The molecule has 20 heavy (non-hydrogen) atoms. The van der Waals surface area contributed by atoms with Gasteiger partial charge in [-0.05, 0) is 37.5 Å². The van der Waals surface area contributed by atoms with Gasteiger partial charge in [-0.1, -0.05) is 28.9 Å². The Balaban J connectivity index is 1.78. The van der Waals surface area contributed by atoms with E-state index in [1.807, 2.05) is 19.1 Å². The molecule has 108 valence electrons. The lowest BCUT2D eigenvalue weighted by Gasteiger charge is -2.15. The Kier molecular flexibility index (Phi) is 4.65.